The number of nitrogens with zero attached hydrogens (tertiary/aromatic N) is 1. The minimum Gasteiger partial charge on any atom is -0.493 e. The zero-order valence-electron chi connectivity index (χ0n) is 16.5. The van der Waals surface area contributed by atoms with Gasteiger partial charge in [0.05, 0.1) is 21.3 Å². The van der Waals surface area contributed by atoms with Crippen molar-refractivity contribution in [3.05, 3.63) is 47.0 Å². The third-order valence-electron chi connectivity index (χ3n) is 4.85. The van der Waals surface area contributed by atoms with Crippen LogP contribution in [0, 0.1) is 5.92 Å². The summed E-state index contributed by atoms with van der Waals surface area (Å²) in [5.74, 6) is 0.251. The van der Waals surface area contributed by atoms with E-state index in [1.807, 2.05) is 0 Å². The fourth-order valence-electron chi connectivity index (χ4n) is 3.35. The van der Waals surface area contributed by atoms with Crippen molar-refractivity contribution in [1.82, 2.24) is 5.32 Å². The van der Waals surface area contributed by atoms with Crippen LogP contribution >= 0.6 is 11.6 Å². The van der Waals surface area contributed by atoms with Gasteiger partial charge in [0.2, 0.25) is 17.6 Å². The van der Waals surface area contributed by atoms with Gasteiger partial charge in [-0.1, -0.05) is 11.6 Å². The Morgan fingerprint density at radius 1 is 1.10 bits per heavy atom. The molecule has 8 heteroatoms. The molecule has 0 aliphatic carbocycles. The molecule has 7 nitrogen and oxygen atoms in total. The molecule has 1 heterocycles. The smallest absolute Gasteiger partial charge is 0.239 e. The van der Waals surface area contributed by atoms with E-state index < -0.39 is 5.92 Å². The van der Waals surface area contributed by atoms with Crippen LogP contribution in [0.2, 0.25) is 5.02 Å². The molecule has 0 radical (unpaired) electrons. The topological polar surface area (TPSA) is 77.1 Å². The van der Waals surface area contributed by atoms with Crippen LogP contribution in [0.15, 0.2) is 36.4 Å². The molecule has 1 aliphatic heterocycles. The van der Waals surface area contributed by atoms with Gasteiger partial charge in [0, 0.05) is 23.8 Å². The highest BCUT2D eigenvalue weighted by atomic mass is 35.5. The Morgan fingerprint density at radius 2 is 1.72 bits per heavy atom. The first-order chi connectivity index (χ1) is 14.0. The third-order valence-corrected chi connectivity index (χ3v) is 5.10. The van der Waals surface area contributed by atoms with Crippen LogP contribution in [0.4, 0.5) is 5.69 Å². The largest absolute Gasteiger partial charge is 0.493 e. The van der Waals surface area contributed by atoms with Crippen LogP contribution in [-0.2, 0) is 16.1 Å². The van der Waals surface area contributed by atoms with E-state index in [4.69, 9.17) is 25.8 Å². The van der Waals surface area contributed by atoms with Crippen LogP contribution in [0.25, 0.3) is 0 Å². The second-order valence-corrected chi connectivity index (χ2v) is 7.00. The van der Waals surface area contributed by atoms with E-state index in [1.165, 1.54) is 21.3 Å². The van der Waals surface area contributed by atoms with Gasteiger partial charge in [-0.3, -0.25) is 9.59 Å². The molecule has 1 atom stereocenters. The van der Waals surface area contributed by atoms with E-state index in [-0.39, 0.29) is 18.4 Å². The molecule has 154 valence electrons. The Hall–Kier alpha value is -2.93. The van der Waals surface area contributed by atoms with Gasteiger partial charge >= 0.3 is 0 Å². The molecule has 0 aromatic heterocycles. The molecule has 3 rings (SSSR count). The predicted octanol–water partition coefficient (Wildman–Crippen LogP) is 3.04. The van der Waals surface area contributed by atoms with Gasteiger partial charge < -0.3 is 24.4 Å². The summed E-state index contributed by atoms with van der Waals surface area (Å²) in [4.78, 5) is 26.9. The first-order valence-electron chi connectivity index (χ1n) is 9.12. The standard InChI is InChI=1S/C21H23ClN2O5/c1-27-17-10-13(11-18(28-2)19(17)29-3)12-23-20(25)16-8-9-24(21(16)26)15-6-4-14(22)5-7-15/h4-7,10-11,16H,8-9,12H2,1-3H3,(H,23,25). The first kappa shape index (κ1) is 20.8. The average Bonchev–Trinajstić information content (AvgIpc) is 3.13. The number of hydrogen-bond acceptors (Lipinski definition) is 5. The lowest BCUT2D eigenvalue weighted by molar-refractivity contribution is -0.132. The molecular weight excluding hydrogens is 396 g/mol. The van der Waals surface area contributed by atoms with Gasteiger partial charge in [-0.05, 0) is 48.4 Å². The second-order valence-electron chi connectivity index (χ2n) is 6.56. The van der Waals surface area contributed by atoms with E-state index in [9.17, 15) is 9.59 Å². The quantitative estimate of drug-likeness (QED) is 0.699. The molecule has 29 heavy (non-hydrogen) atoms. The van der Waals surface area contributed by atoms with Crippen molar-refractivity contribution in [2.75, 3.05) is 32.8 Å². The van der Waals surface area contributed by atoms with E-state index in [0.29, 0.717) is 35.2 Å². The Labute approximate surface area is 174 Å². The van der Waals surface area contributed by atoms with Crippen molar-refractivity contribution in [2.24, 2.45) is 5.92 Å². The highest BCUT2D eigenvalue weighted by Gasteiger charge is 2.37. The number of carbonyl (C=O) groups excluding carboxylic acids is 2. The predicted molar refractivity (Wildman–Crippen MR) is 110 cm³/mol. The summed E-state index contributed by atoms with van der Waals surface area (Å²) in [6, 6.07) is 10.5. The Morgan fingerprint density at radius 3 is 2.28 bits per heavy atom. The van der Waals surface area contributed by atoms with Crippen LogP contribution in [0.3, 0.4) is 0 Å². The van der Waals surface area contributed by atoms with Gasteiger partial charge in [0.15, 0.2) is 11.5 Å². The minimum absolute atomic E-state index is 0.213. The van der Waals surface area contributed by atoms with E-state index in [1.54, 1.807) is 41.3 Å². The van der Waals surface area contributed by atoms with E-state index >= 15 is 0 Å². The molecular formula is C21H23ClN2O5. The summed E-state index contributed by atoms with van der Waals surface area (Å²) in [6.07, 6.45) is 0.461. The van der Waals surface area contributed by atoms with E-state index in [2.05, 4.69) is 5.32 Å². The van der Waals surface area contributed by atoms with Crippen molar-refractivity contribution < 1.29 is 23.8 Å². The van der Waals surface area contributed by atoms with Gasteiger partial charge in [-0.15, -0.1) is 0 Å². The summed E-state index contributed by atoms with van der Waals surface area (Å²) < 4.78 is 16.0. The fraction of sp³-hybridized carbons (Fsp3) is 0.333. The van der Waals surface area contributed by atoms with Crippen molar-refractivity contribution in [1.29, 1.82) is 0 Å². The molecule has 0 bridgehead atoms. The number of amides is 2. The number of anilines is 1. The Balaban J connectivity index is 1.67. The van der Waals surface area contributed by atoms with Gasteiger partial charge in [-0.2, -0.15) is 0 Å². The summed E-state index contributed by atoms with van der Waals surface area (Å²) in [5.41, 5.74) is 1.51. The molecule has 2 aromatic rings. The number of benzene rings is 2. The zero-order chi connectivity index (χ0) is 21.0. The van der Waals surface area contributed by atoms with Crippen molar-refractivity contribution in [2.45, 2.75) is 13.0 Å². The number of halogens is 1. The first-order valence-corrected chi connectivity index (χ1v) is 9.49. The maximum absolute atomic E-state index is 12.7. The van der Waals surface area contributed by atoms with Crippen molar-refractivity contribution in [3.63, 3.8) is 0 Å². The number of nitrogens with one attached hydrogen (secondary N) is 1. The number of ether oxygens (including phenoxy) is 3. The average molecular weight is 419 g/mol. The number of methoxy groups -OCH3 is 3. The molecule has 1 aliphatic rings. The highest BCUT2D eigenvalue weighted by Crippen LogP contribution is 2.38. The highest BCUT2D eigenvalue weighted by molar-refractivity contribution is 6.30. The zero-order valence-corrected chi connectivity index (χ0v) is 17.3. The number of hydrogen-bond donors (Lipinski definition) is 1. The lowest BCUT2D eigenvalue weighted by atomic mass is 10.1. The molecule has 1 unspecified atom stereocenters. The Bertz CT molecular complexity index is 875. The molecule has 2 aromatic carbocycles. The maximum atomic E-state index is 12.7. The monoisotopic (exact) mass is 418 g/mol. The minimum atomic E-state index is -0.715. The Kier molecular flexibility index (Phi) is 6.49. The summed E-state index contributed by atoms with van der Waals surface area (Å²) in [7, 11) is 4.59. The van der Waals surface area contributed by atoms with Gasteiger partial charge in [0.25, 0.3) is 0 Å². The summed E-state index contributed by atoms with van der Waals surface area (Å²) in [5, 5.41) is 3.43. The SMILES string of the molecule is COc1cc(CNC(=O)C2CCN(c3ccc(Cl)cc3)C2=O)cc(OC)c1OC. The number of carbonyl (C=O) groups is 2. The van der Waals surface area contributed by atoms with Crippen LogP contribution in [0.1, 0.15) is 12.0 Å². The third kappa shape index (κ3) is 4.40. The van der Waals surface area contributed by atoms with Crippen LogP contribution < -0.4 is 24.4 Å². The molecule has 0 saturated carbocycles. The molecule has 0 spiro atoms. The molecule has 2 amide bonds. The van der Waals surface area contributed by atoms with Crippen LogP contribution in [0.5, 0.6) is 17.2 Å². The second kappa shape index (κ2) is 9.05. The summed E-state index contributed by atoms with van der Waals surface area (Å²) >= 11 is 5.90. The van der Waals surface area contributed by atoms with Gasteiger partial charge in [0.1, 0.15) is 5.92 Å². The van der Waals surface area contributed by atoms with Gasteiger partial charge in [-0.25, -0.2) is 0 Å². The molecule has 1 fully saturated rings. The fourth-order valence-corrected chi connectivity index (χ4v) is 3.48. The normalized spacial score (nSPS) is 15.9. The van der Waals surface area contributed by atoms with E-state index in [0.717, 1.165) is 11.3 Å². The summed E-state index contributed by atoms with van der Waals surface area (Å²) in [6.45, 7) is 0.725. The lowest BCUT2D eigenvalue weighted by Crippen LogP contribution is -2.36. The molecule has 1 saturated heterocycles. The van der Waals surface area contributed by atoms with Crippen LogP contribution in [-0.4, -0.2) is 39.7 Å². The molecule has 1 N–H and O–H groups in total. The lowest BCUT2D eigenvalue weighted by Gasteiger charge is -2.17. The van der Waals surface area contributed by atoms with Crippen molar-refractivity contribution >= 4 is 29.1 Å². The van der Waals surface area contributed by atoms with Crippen molar-refractivity contribution in [3.8, 4) is 17.2 Å². The maximum Gasteiger partial charge on any atom is 0.239 e. The number of rotatable bonds is 7.